The third-order valence-electron chi connectivity index (χ3n) is 4.12. The summed E-state index contributed by atoms with van der Waals surface area (Å²) in [6, 6.07) is -1.23. The van der Waals surface area contributed by atoms with Gasteiger partial charge in [-0.05, 0) is 26.2 Å². The second kappa shape index (κ2) is 5.88. The van der Waals surface area contributed by atoms with Crippen LogP contribution in [-0.4, -0.2) is 69.7 Å². The Kier molecular flexibility index (Phi) is 4.42. The van der Waals surface area contributed by atoms with Crippen LogP contribution in [0.4, 0.5) is 0 Å². The SMILES string of the molecule is CC(C(=O)N1CCCCC1)N1CC(O)CC1C(=O)O. The van der Waals surface area contributed by atoms with Gasteiger partial charge in [-0.2, -0.15) is 0 Å². The molecular weight excluding hydrogens is 248 g/mol. The number of nitrogens with zero attached hydrogens (tertiary/aromatic N) is 2. The van der Waals surface area contributed by atoms with Crippen molar-refractivity contribution in [2.75, 3.05) is 19.6 Å². The lowest BCUT2D eigenvalue weighted by Gasteiger charge is -2.34. The Labute approximate surface area is 113 Å². The van der Waals surface area contributed by atoms with Gasteiger partial charge >= 0.3 is 5.97 Å². The fourth-order valence-electron chi connectivity index (χ4n) is 3.03. The molecular formula is C13H22N2O4. The Hall–Kier alpha value is -1.14. The summed E-state index contributed by atoms with van der Waals surface area (Å²) in [5, 5.41) is 18.8. The number of aliphatic carboxylic acids is 1. The molecule has 108 valence electrons. The van der Waals surface area contributed by atoms with E-state index in [1.165, 1.54) is 0 Å². The van der Waals surface area contributed by atoms with Gasteiger partial charge in [0.25, 0.3) is 0 Å². The maximum absolute atomic E-state index is 12.4. The Balaban J connectivity index is 2.02. The first-order chi connectivity index (χ1) is 9.00. The number of carbonyl (C=O) groups excluding carboxylic acids is 1. The molecule has 2 aliphatic rings. The molecule has 1 amide bonds. The second-order valence-corrected chi connectivity index (χ2v) is 5.50. The van der Waals surface area contributed by atoms with Crippen LogP contribution < -0.4 is 0 Å². The zero-order chi connectivity index (χ0) is 14.0. The van der Waals surface area contributed by atoms with Crippen LogP contribution in [0.15, 0.2) is 0 Å². The van der Waals surface area contributed by atoms with Gasteiger partial charge in [-0.3, -0.25) is 14.5 Å². The van der Waals surface area contributed by atoms with E-state index >= 15 is 0 Å². The number of rotatable bonds is 3. The third-order valence-corrected chi connectivity index (χ3v) is 4.12. The maximum Gasteiger partial charge on any atom is 0.321 e. The lowest BCUT2D eigenvalue weighted by molar-refractivity contribution is -0.146. The molecule has 0 aromatic rings. The van der Waals surface area contributed by atoms with Crippen LogP contribution >= 0.6 is 0 Å². The highest BCUT2D eigenvalue weighted by molar-refractivity contribution is 5.83. The Morgan fingerprint density at radius 3 is 2.42 bits per heavy atom. The summed E-state index contributed by atoms with van der Waals surface area (Å²) < 4.78 is 0. The summed E-state index contributed by atoms with van der Waals surface area (Å²) in [5.41, 5.74) is 0. The Morgan fingerprint density at radius 2 is 1.84 bits per heavy atom. The van der Waals surface area contributed by atoms with Gasteiger partial charge in [0.2, 0.25) is 5.91 Å². The normalized spacial score (nSPS) is 30.3. The minimum absolute atomic E-state index is 0.0138. The van der Waals surface area contributed by atoms with Gasteiger partial charge < -0.3 is 15.1 Å². The molecule has 2 N–H and O–H groups in total. The smallest absolute Gasteiger partial charge is 0.321 e. The van der Waals surface area contributed by atoms with Crippen molar-refractivity contribution in [2.24, 2.45) is 0 Å². The molecule has 0 bridgehead atoms. The largest absolute Gasteiger partial charge is 0.480 e. The lowest BCUT2D eigenvalue weighted by Crippen LogP contribution is -2.51. The van der Waals surface area contributed by atoms with Crippen molar-refractivity contribution < 1.29 is 19.8 Å². The number of carbonyl (C=O) groups is 2. The predicted molar refractivity (Wildman–Crippen MR) is 68.6 cm³/mol. The van der Waals surface area contributed by atoms with Crippen molar-refractivity contribution in [1.29, 1.82) is 0 Å². The van der Waals surface area contributed by atoms with Crippen LogP contribution in [0.5, 0.6) is 0 Å². The average Bonchev–Trinajstić information content (AvgIpc) is 2.80. The number of piperidine rings is 1. The number of aliphatic hydroxyl groups excluding tert-OH is 1. The van der Waals surface area contributed by atoms with Crippen LogP contribution in [0.3, 0.4) is 0 Å². The first-order valence-corrected chi connectivity index (χ1v) is 6.96. The van der Waals surface area contributed by atoms with Gasteiger partial charge in [-0.1, -0.05) is 0 Å². The molecule has 0 saturated carbocycles. The van der Waals surface area contributed by atoms with Crippen LogP contribution in [-0.2, 0) is 9.59 Å². The van der Waals surface area contributed by atoms with Gasteiger partial charge in [0.1, 0.15) is 6.04 Å². The molecule has 2 fully saturated rings. The van der Waals surface area contributed by atoms with Crippen molar-refractivity contribution in [1.82, 2.24) is 9.80 Å². The average molecular weight is 270 g/mol. The van der Waals surface area contributed by atoms with Gasteiger partial charge in [0.05, 0.1) is 12.1 Å². The number of likely N-dealkylation sites (tertiary alicyclic amines) is 2. The van der Waals surface area contributed by atoms with Crippen LogP contribution in [0, 0.1) is 0 Å². The highest BCUT2D eigenvalue weighted by atomic mass is 16.4. The number of carboxylic acids is 1. The predicted octanol–water partition coefficient (Wildman–Crippen LogP) is -0.0928. The summed E-state index contributed by atoms with van der Waals surface area (Å²) in [5.74, 6) is -0.977. The van der Waals surface area contributed by atoms with E-state index in [2.05, 4.69) is 0 Å². The van der Waals surface area contributed by atoms with E-state index in [-0.39, 0.29) is 18.9 Å². The van der Waals surface area contributed by atoms with Crippen LogP contribution in [0.2, 0.25) is 0 Å². The Bertz CT molecular complexity index is 355. The quantitative estimate of drug-likeness (QED) is 0.749. The van der Waals surface area contributed by atoms with Crippen molar-refractivity contribution in [2.45, 2.75) is 50.8 Å². The standard InChI is InChI=1S/C13H22N2O4/c1-9(12(17)14-5-3-2-4-6-14)15-8-10(16)7-11(15)13(18)19/h9-11,16H,2-8H2,1H3,(H,18,19). The van der Waals surface area contributed by atoms with Gasteiger partial charge in [0, 0.05) is 26.1 Å². The molecule has 2 aliphatic heterocycles. The topological polar surface area (TPSA) is 81.1 Å². The molecule has 2 saturated heterocycles. The fraction of sp³-hybridized carbons (Fsp3) is 0.846. The summed E-state index contributed by atoms with van der Waals surface area (Å²) in [6.45, 7) is 3.53. The van der Waals surface area contributed by atoms with Crippen LogP contribution in [0.1, 0.15) is 32.6 Å². The van der Waals surface area contributed by atoms with E-state index in [0.717, 1.165) is 32.4 Å². The van der Waals surface area contributed by atoms with Gasteiger partial charge in [-0.25, -0.2) is 0 Å². The molecule has 2 rings (SSSR count). The molecule has 19 heavy (non-hydrogen) atoms. The maximum atomic E-state index is 12.4. The van der Waals surface area contributed by atoms with Gasteiger partial charge in [0.15, 0.2) is 0 Å². The first kappa shape index (κ1) is 14.3. The molecule has 0 aromatic carbocycles. The van der Waals surface area contributed by atoms with Gasteiger partial charge in [-0.15, -0.1) is 0 Å². The number of aliphatic hydroxyl groups is 1. The fourth-order valence-corrected chi connectivity index (χ4v) is 3.03. The number of amides is 1. The van der Waals surface area contributed by atoms with E-state index in [1.807, 2.05) is 4.90 Å². The number of carboxylic acid groups (broad SMARTS) is 1. The highest BCUT2D eigenvalue weighted by Gasteiger charge is 2.41. The summed E-state index contributed by atoms with van der Waals surface area (Å²) >= 11 is 0. The first-order valence-electron chi connectivity index (χ1n) is 6.96. The molecule has 0 aromatic heterocycles. The molecule has 0 radical (unpaired) electrons. The Morgan fingerprint density at radius 1 is 1.21 bits per heavy atom. The van der Waals surface area contributed by atoms with E-state index < -0.39 is 24.2 Å². The highest BCUT2D eigenvalue weighted by Crippen LogP contribution is 2.22. The molecule has 6 heteroatoms. The molecule has 2 heterocycles. The zero-order valence-electron chi connectivity index (χ0n) is 11.3. The van der Waals surface area contributed by atoms with Crippen LogP contribution in [0.25, 0.3) is 0 Å². The van der Waals surface area contributed by atoms with E-state index in [4.69, 9.17) is 5.11 Å². The summed E-state index contributed by atoms with van der Waals surface area (Å²) in [7, 11) is 0. The van der Waals surface area contributed by atoms with Crippen molar-refractivity contribution >= 4 is 11.9 Å². The molecule has 0 aliphatic carbocycles. The van der Waals surface area contributed by atoms with Crippen molar-refractivity contribution in [3.05, 3.63) is 0 Å². The van der Waals surface area contributed by atoms with Crippen molar-refractivity contribution in [3.63, 3.8) is 0 Å². The molecule has 3 atom stereocenters. The molecule has 0 spiro atoms. The van der Waals surface area contributed by atoms with E-state index in [1.54, 1.807) is 11.8 Å². The van der Waals surface area contributed by atoms with E-state index in [0.29, 0.717) is 0 Å². The summed E-state index contributed by atoms with van der Waals surface area (Å²) in [4.78, 5) is 27.0. The zero-order valence-corrected chi connectivity index (χ0v) is 11.3. The lowest BCUT2D eigenvalue weighted by atomic mass is 10.1. The van der Waals surface area contributed by atoms with E-state index in [9.17, 15) is 14.7 Å². The summed E-state index contributed by atoms with van der Waals surface area (Å²) in [6.07, 6.45) is 2.73. The number of hydrogen-bond acceptors (Lipinski definition) is 4. The molecule has 3 unspecified atom stereocenters. The number of β-amino-alcohol motifs (C(OH)–C–C–N with tert-alkyl or cyclic N) is 1. The minimum atomic E-state index is -0.963. The monoisotopic (exact) mass is 270 g/mol. The second-order valence-electron chi connectivity index (χ2n) is 5.50. The number of hydrogen-bond donors (Lipinski definition) is 2. The molecule has 6 nitrogen and oxygen atoms in total. The minimum Gasteiger partial charge on any atom is -0.480 e. The van der Waals surface area contributed by atoms with Crippen molar-refractivity contribution in [3.8, 4) is 0 Å². The third kappa shape index (κ3) is 3.06.